The van der Waals surface area contributed by atoms with Gasteiger partial charge in [0.2, 0.25) is 0 Å². The van der Waals surface area contributed by atoms with Crippen molar-refractivity contribution in [2.75, 3.05) is 0 Å². The topological polar surface area (TPSA) is 72.2 Å². The molecule has 0 radical (unpaired) electrons. The summed E-state index contributed by atoms with van der Waals surface area (Å²) < 4.78 is 26.3. The Bertz CT molecular complexity index is 427. The molecule has 0 saturated heterocycles. The Labute approximate surface area is 76.6 Å². The Morgan fingerprint density at radius 3 is 2.57 bits per heavy atom. The molecular formula is C7H6F2N2O3. The van der Waals surface area contributed by atoms with Gasteiger partial charge >= 0.3 is 11.9 Å². The summed E-state index contributed by atoms with van der Waals surface area (Å²) in [5, 5.41) is 11.3. The molecule has 14 heavy (non-hydrogen) atoms. The van der Waals surface area contributed by atoms with Crippen LogP contribution < -0.4 is 5.56 Å². The molecule has 1 aromatic heterocycles. The van der Waals surface area contributed by atoms with Gasteiger partial charge in [-0.15, -0.1) is 0 Å². The Morgan fingerprint density at radius 1 is 1.57 bits per heavy atom. The molecule has 0 saturated carbocycles. The van der Waals surface area contributed by atoms with Gasteiger partial charge in [-0.05, 0) is 6.07 Å². The van der Waals surface area contributed by atoms with Crippen LogP contribution in [0, 0.1) is 0 Å². The highest BCUT2D eigenvalue weighted by Gasteiger charge is 2.43. The highest BCUT2D eigenvalue weighted by atomic mass is 19.3. The van der Waals surface area contributed by atoms with Crippen LogP contribution in [-0.4, -0.2) is 20.9 Å². The molecule has 1 heterocycles. The molecule has 0 aliphatic heterocycles. The first-order valence-electron chi connectivity index (χ1n) is 3.51. The van der Waals surface area contributed by atoms with E-state index >= 15 is 0 Å². The van der Waals surface area contributed by atoms with Crippen molar-refractivity contribution >= 4 is 5.97 Å². The second kappa shape index (κ2) is 3.17. The van der Waals surface area contributed by atoms with E-state index in [0.29, 0.717) is 10.7 Å². The van der Waals surface area contributed by atoms with E-state index in [1.54, 1.807) is 0 Å². The molecule has 1 N–H and O–H groups in total. The molecule has 0 unspecified atom stereocenters. The number of carbonyl (C=O) groups is 1. The maximum absolute atomic E-state index is 12.8. The summed E-state index contributed by atoms with van der Waals surface area (Å²) >= 11 is 0. The van der Waals surface area contributed by atoms with E-state index in [1.807, 2.05) is 0 Å². The number of aromatic nitrogens is 2. The van der Waals surface area contributed by atoms with Crippen molar-refractivity contribution in [1.29, 1.82) is 0 Å². The third-order valence-electron chi connectivity index (χ3n) is 1.55. The number of hydrogen-bond donors (Lipinski definition) is 1. The standard InChI is InChI=1S/C7H6F2N2O3/c1-11-5(12)3-2-4(10-11)7(8,9)6(13)14/h2-3H,1H3,(H,13,14). The van der Waals surface area contributed by atoms with Gasteiger partial charge in [-0.2, -0.15) is 13.9 Å². The quantitative estimate of drug-likeness (QED) is 0.733. The van der Waals surface area contributed by atoms with E-state index in [2.05, 4.69) is 5.10 Å². The second-order valence-corrected chi connectivity index (χ2v) is 2.56. The summed E-state index contributed by atoms with van der Waals surface area (Å²) in [6, 6.07) is 1.52. The van der Waals surface area contributed by atoms with Crippen molar-refractivity contribution < 1.29 is 18.7 Å². The minimum atomic E-state index is -4.08. The first kappa shape index (κ1) is 10.3. The zero-order chi connectivity index (χ0) is 10.9. The van der Waals surface area contributed by atoms with Crippen molar-refractivity contribution in [2.24, 2.45) is 7.05 Å². The third kappa shape index (κ3) is 1.61. The van der Waals surface area contributed by atoms with Crippen molar-refractivity contribution in [3.8, 4) is 0 Å². The van der Waals surface area contributed by atoms with E-state index < -0.39 is 23.1 Å². The number of carboxylic acids is 1. The van der Waals surface area contributed by atoms with Gasteiger partial charge in [0.25, 0.3) is 5.56 Å². The molecule has 0 atom stereocenters. The molecule has 0 bridgehead atoms. The number of rotatable bonds is 2. The average molecular weight is 204 g/mol. The SMILES string of the molecule is Cn1nc(C(F)(F)C(=O)O)ccc1=O. The van der Waals surface area contributed by atoms with Crippen molar-refractivity contribution in [3.05, 3.63) is 28.2 Å². The number of hydrogen-bond acceptors (Lipinski definition) is 3. The number of alkyl halides is 2. The Hall–Kier alpha value is -1.79. The molecule has 0 aliphatic rings. The zero-order valence-electron chi connectivity index (χ0n) is 7.07. The monoisotopic (exact) mass is 204 g/mol. The largest absolute Gasteiger partial charge is 0.476 e. The fourth-order valence-electron chi connectivity index (χ4n) is 0.779. The fraction of sp³-hybridized carbons (Fsp3) is 0.286. The fourth-order valence-corrected chi connectivity index (χ4v) is 0.779. The molecule has 0 spiro atoms. The van der Waals surface area contributed by atoms with Crippen molar-refractivity contribution in [3.63, 3.8) is 0 Å². The molecule has 0 fully saturated rings. The highest BCUT2D eigenvalue weighted by molar-refractivity contribution is 5.76. The van der Waals surface area contributed by atoms with Crippen LogP contribution in [0.5, 0.6) is 0 Å². The first-order valence-corrected chi connectivity index (χ1v) is 3.51. The van der Waals surface area contributed by atoms with Crippen LogP contribution in [0.1, 0.15) is 5.69 Å². The van der Waals surface area contributed by atoms with E-state index in [-0.39, 0.29) is 0 Å². The smallest absolute Gasteiger partial charge is 0.385 e. The van der Waals surface area contributed by atoms with Gasteiger partial charge in [0, 0.05) is 13.1 Å². The summed E-state index contributed by atoms with van der Waals surface area (Å²) in [7, 11) is 1.16. The second-order valence-electron chi connectivity index (χ2n) is 2.56. The lowest BCUT2D eigenvalue weighted by Crippen LogP contribution is -2.30. The maximum Gasteiger partial charge on any atom is 0.385 e. The van der Waals surface area contributed by atoms with Gasteiger partial charge in [0.05, 0.1) is 0 Å². The highest BCUT2D eigenvalue weighted by Crippen LogP contribution is 2.25. The molecule has 1 aromatic rings. The first-order chi connectivity index (χ1) is 6.35. The molecule has 76 valence electrons. The lowest BCUT2D eigenvalue weighted by molar-refractivity contribution is -0.167. The van der Waals surface area contributed by atoms with Crippen LogP contribution in [0.2, 0.25) is 0 Å². The molecule has 0 amide bonds. The summed E-state index contributed by atoms with van der Waals surface area (Å²) in [5.41, 5.74) is -1.55. The third-order valence-corrected chi connectivity index (χ3v) is 1.55. The number of aryl methyl sites for hydroxylation is 1. The predicted octanol–water partition coefficient (Wildman–Crippen LogP) is -0.0433. The van der Waals surface area contributed by atoms with E-state index in [1.165, 1.54) is 0 Å². The summed E-state index contributed by atoms with van der Waals surface area (Å²) in [6.45, 7) is 0. The van der Waals surface area contributed by atoms with E-state index in [9.17, 15) is 18.4 Å². The van der Waals surface area contributed by atoms with Gasteiger partial charge < -0.3 is 5.11 Å². The van der Waals surface area contributed by atoms with Gasteiger partial charge in [-0.3, -0.25) is 4.79 Å². The van der Waals surface area contributed by atoms with Crippen LogP contribution in [-0.2, 0) is 17.8 Å². The number of halogens is 2. The number of carboxylic acid groups (broad SMARTS) is 1. The molecule has 0 aromatic carbocycles. The molecule has 1 rings (SSSR count). The molecule has 5 nitrogen and oxygen atoms in total. The molecule has 7 heteroatoms. The van der Waals surface area contributed by atoms with Gasteiger partial charge in [-0.25, -0.2) is 9.48 Å². The summed E-state index contributed by atoms with van der Waals surface area (Å²) in [5.74, 6) is -6.38. The van der Waals surface area contributed by atoms with Crippen LogP contribution in [0.25, 0.3) is 0 Å². The van der Waals surface area contributed by atoms with Crippen LogP contribution >= 0.6 is 0 Å². The van der Waals surface area contributed by atoms with Crippen LogP contribution in [0.4, 0.5) is 8.78 Å². The molecule has 0 aliphatic carbocycles. The van der Waals surface area contributed by atoms with Crippen molar-refractivity contribution in [2.45, 2.75) is 5.92 Å². The lowest BCUT2D eigenvalue weighted by atomic mass is 10.2. The Balaban J connectivity index is 3.27. The lowest BCUT2D eigenvalue weighted by Gasteiger charge is -2.10. The minimum absolute atomic E-state index is 0.588. The van der Waals surface area contributed by atoms with Crippen molar-refractivity contribution in [1.82, 2.24) is 9.78 Å². The average Bonchev–Trinajstić information content (AvgIpc) is 2.09. The summed E-state index contributed by atoms with van der Waals surface area (Å²) in [4.78, 5) is 20.9. The summed E-state index contributed by atoms with van der Waals surface area (Å²) in [6.07, 6.45) is 0. The Kier molecular flexibility index (Phi) is 2.33. The van der Waals surface area contributed by atoms with E-state index in [4.69, 9.17) is 5.11 Å². The Morgan fingerprint density at radius 2 is 2.14 bits per heavy atom. The predicted molar refractivity (Wildman–Crippen MR) is 41.0 cm³/mol. The number of nitrogens with zero attached hydrogens (tertiary/aromatic N) is 2. The normalized spacial score (nSPS) is 11.4. The van der Waals surface area contributed by atoms with Gasteiger partial charge in [-0.1, -0.05) is 0 Å². The van der Waals surface area contributed by atoms with Crippen LogP contribution in [0.3, 0.4) is 0 Å². The minimum Gasteiger partial charge on any atom is -0.476 e. The maximum atomic E-state index is 12.8. The van der Waals surface area contributed by atoms with E-state index in [0.717, 1.165) is 13.1 Å². The van der Waals surface area contributed by atoms with Gasteiger partial charge in [0.15, 0.2) is 0 Å². The molecular weight excluding hydrogens is 198 g/mol. The number of aliphatic carboxylic acids is 1. The van der Waals surface area contributed by atoms with Gasteiger partial charge in [0.1, 0.15) is 5.69 Å². The zero-order valence-corrected chi connectivity index (χ0v) is 7.07. The van der Waals surface area contributed by atoms with Crippen LogP contribution in [0.15, 0.2) is 16.9 Å².